The summed E-state index contributed by atoms with van der Waals surface area (Å²) in [6.45, 7) is 2.22. The highest BCUT2D eigenvalue weighted by Gasteiger charge is 2.53. The van der Waals surface area contributed by atoms with Crippen molar-refractivity contribution < 1.29 is 9.21 Å². The molecule has 2 aromatic rings. The highest BCUT2D eigenvalue weighted by Crippen LogP contribution is 2.61. The Balaban J connectivity index is 1.35. The smallest absolute Gasteiger partial charge is 0.268 e. The van der Waals surface area contributed by atoms with Gasteiger partial charge in [-0.3, -0.25) is 4.79 Å². The van der Waals surface area contributed by atoms with E-state index >= 15 is 0 Å². The molecule has 4 heteroatoms. The van der Waals surface area contributed by atoms with Crippen LogP contribution in [0.3, 0.4) is 0 Å². The van der Waals surface area contributed by atoms with E-state index in [9.17, 15) is 4.79 Å². The number of nitrogens with one attached hydrogen (secondary N) is 2. The summed E-state index contributed by atoms with van der Waals surface area (Å²) in [7, 11) is 0. The van der Waals surface area contributed by atoms with Gasteiger partial charge in [-0.1, -0.05) is 0 Å². The predicted octanol–water partition coefficient (Wildman–Crippen LogP) is 4.10. The quantitative estimate of drug-likeness (QED) is 0.896. The fourth-order valence-corrected chi connectivity index (χ4v) is 6.11. The molecule has 1 unspecified atom stereocenters. The van der Waals surface area contributed by atoms with Gasteiger partial charge in [-0.2, -0.15) is 0 Å². The Kier molecular flexibility index (Phi) is 2.77. The van der Waals surface area contributed by atoms with E-state index in [-0.39, 0.29) is 11.9 Å². The molecule has 2 heterocycles. The molecule has 122 valence electrons. The van der Waals surface area contributed by atoms with Crippen LogP contribution in [0, 0.1) is 23.2 Å². The summed E-state index contributed by atoms with van der Waals surface area (Å²) in [4.78, 5) is 15.8. The normalized spacial score (nSPS) is 36.5. The third kappa shape index (κ3) is 2.07. The van der Waals surface area contributed by atoms with E-state index in [4.69, 9.17) is 4.42 Å². The Labute approximate surface area is 136 Å². The zero-order valence-corrected chi connectivity index (χ0v) is 13.6. The zero-order valence-electron chi connectivity index (χ0n) is 13.6. The zero-order chi connectivity index (χ0) is 15.6. The third-order valence-electron chi connectivity index (χ3n) is 6.84. The van der Waals surface area contributed by atoms with Crippen LogP contribution in [0.15, 0.2) is 22.8 Å². The molecule has 4 fully saturated rings. The topological polar surface area (TPSA) is 58.0 Å². The van der Waals surface area contributed by atoms with Gasteiger partial charge in [0.1, 0.15) is 5.69 Å². The van der Waals surface area contributed by atoms with Gasteiger partial charge in [-0.15, -0.1) is 0 Å². The molecule has 4 saturated carbocycles. The lowest BCUT2D eigenvalue weighted by molar-refractivity contribution is -0.0688. The van der Waals surface area contributed by atoms with Crippen LogP contribution in [0.1, 0.15) is 55.9 Å². The summed E-state index contributed by atoms with van der Waals surface area (Å²) < 4.78 is 5.34. The number of carbonyl (C=O) groups is 1. The van der Waals surface area contributed by atoms with Crippen molar-refractivity contribution in [3.05, 3.63) is 24.1 Å². The van der Waals surface area contributed by atoms with Gasteiger partial charge in [0.25, 0.3) is 5.91 Å². The third-order valence-corrected chi connectivity index (χ3v) is 6.84. The molecule has 6 rings (SSSR count). The molecule has 4 aliphatic rings. The van der Waals surface area contributed by atoms with Gasteiger partial charge in [-0.05, 0) is 68.6 Å². The number of furan rings is 1. The first-order valence-electron chi connectivity index (χ1n) is 8.98. The molecule has 0 radical (unpaired) electrons. The molecule has 2 N–H and O–H groups in total. The average Bonchev–Trinajstić information content (AvgIpc) is 3.06. The molecule has 0 spiro atoms. The van der Waals surface area contributed by atoms with Crippen molar-refractivity contribution in [1.29, 1.82) is 0 Å². The number of fused-ring (bicyclic) bond motifs is 1. The van der Waals surface area contributed by atoms with Crippen molar-refractivity contribution in [2.75, 3.05) is 0 Å². The summed E-state index contributed by atoms with van der Waals surface area (Å²) in [5.74, 6) is 2.73. The van der Waals surface area contributed by atoms with Crippen molar-refractivity contribution in [2.24, 2.45) is 23.2 Å². The minimum absolute atomic E-state index is 0.000328. The number of hydrogen-bond donors (Lipinski definition) is 2. The van der Waals surface area contributed by atoms with Crippen LogP contribution in [0.2, 0.25) is 0 Å². The Morgan fingerprint density at radius 3 is 2.52 bits per heavy atom. The van der Waals surface area contributed by atoms with Crippen LogP contribution >= 0.6 is 0 Å². The molecule has 0 aromatic carbocycles. The molecule has 1 amide bonds. The van der Waals surface area contributed by atoms with Gasteiger partial charge in [0.2, 0.25) is 0 Å². The Hall–Kier alpha value is -1.71. The SMILES string of the molecule is CC(NC(=O)c1cc2occc2[nH]1)C12CC3CC(CC(C3)C1)C2. The van der Waals surface area contributed by atoms with Crippen molar-refractivity contribution in [1.82, 2.24) is 10.3 Å². The maximum Gasteiger partial charge on any atom is 0.268 e. The van der Waals surface area contributed by atoms with Crippen molar-refractivity contribution in [2.45, 2.75) is 51.5 Å². The van der Waals surface area contributed by atoms with Crippen LogP contribution < -0.4 is 5.32 Å². The average molecular weight is 312 g/mol. The highest BCUT2D eigenvalue weighted by atomic mass is 16.3. The summed E-state index contributed by atoms with van der Waals surface area (Å²) >= 11 is 0. The van der Waals surface area contributed by atoms with Gasteiger partial charge >= 0.3 is 0 Å². The molecule has 4 nitrogen and oxygen atoms in total. The molecule has 0 saturated heterocycles. The highest BCUT2D eigenvalue weighted by molar-refractivity contribution is 5.96. The molecule has 4 aliphatic carbocycles. The second-order valence-corrected chi connectivity index (χ2v) is 8.36. The van der Waals surface area contributed by atoms with Crippen LogP contribution in [-0.4, -0.2) is 16.9 Å². The fourth-order valence-electron chi connectivity index (χ4n) is 6.11. The van der Waals surface area contributed by atoms with Gasteiger partial charge in [0.15, 0.2) is 5.58 Å². The summed E-state index contributed by atoms with van der Waals surface area (Å²) in [6.07, 6.45) is 9.89. The van der Waals surface area contributed by atoms with E-state index < -0.39 is 0 Å². The van der Waals surface area contributed by atoms with Crippen LogP contribution in [0.5, 0.6) is 0 Å². The number of carbonyl (C=O) groups excluding carboxylic acids is 1. The monoisotopic (exact) mass is 312 g/mol. The molecular weight excluding hydrogens is 288 g/mol. The van der Waals surface area contributed by atoms with Gasteiger partial charge < -0.3 is 14.7 Å². The number of aromatic amines is 1. The first-order valence-corrected chi connectivity index (χ1v) is 8.98. The summed E-state index contributed by atoms with van der Waals surface area (Å²) in [5, 5.41) is 3.29. The van der Waals surface area contributed by atoms with E-state index in [0.717, 1.165) is 28.9 Å². The fraction of sp³-hybridized carbons (Fsp3) is 0.632. The summed E-state index contributed by atoms with van der Waals surface area (Å²) in [6, 6.07) is 3.91. The van der Waals surface area contributed by atoms with E-state index in [2.05, 4.69) is 17.2 Å². The lowest BCUT2D eigenvalue weighted by atomic mass is 9.48. The number of amides is 1. The first kappa shape index (κ1) is 13.7. The molecule has 1 atom stereocenters. The first-order chi connectivity index (χ1) is 11.1. The van der Waals surface area contributed by atoms with Crippen molar-refractivity contribution in [3.63, 3.8) is 0 Å². The lowest BCUT2D eigenvalue weighted by Crippen LogP contribution is -2.55. The minimum atomic E-state index is -0.000328. The Morgan fingerprint density at radius 1 is 1.26 bits per heavy atom. The molecule has 4 bridgehead atoms. The van der Waals surface area contributed by atoms with Gasteiger partial charge in [-0.25, -0.2) is 0 Å². The second-order valence-electron chi connectivity index (χ2n) is 8.36. The van der Waals surface area contributed by atoms with E-state index in [0.29, 0.717) is 11.1 Å². The minimum Gasteiger partial charge on any atom is -0.463 e. The van der Waals surface area contributed by atoms with E-state index in [1.807, 2.05) is 6.07 Å². The van der Waals surface area contributed by atoms with Gasteiger partial charge in [0.05, 0.1) is 11.8 Å². The maximum absolute atomic E-state index is 12.6. The number of H-pyrrole nitrogens is 1. The number of hydrogen-bond acceptors (Lipinski definition) is 2. The lowest BCUT2D eigenvalue weighted by Gasteiger charge is -2.59. The van der Waals surface area contributed by atoms with Crippen LogP contribution in [0.4, 0.5) is 0 Å². The Morgan fingerprint density at radius 2 is 1.91 bits per heavy atom. The molecule has 2 aromatic heterocycles. The predicted molar refractivity (Wildman–Crippen MR) is 88.1 cm³/mol. The standard InChI is InChI=1S/C19H24N2O2/c1-11(19-8-12-4-13(9-19)6-14(5-12)10-19)20-18(22)16-7-17-15(21-16)2-3-23-17/h2-3,7,11-14,21H,4-6,8-10H2,1H3,(H,20,22). The Bertz CT molecular complexity index is 693. The molecular formula is C19H24N2O2. The molecule has 23 heavy (non-hydrogen) atoms. The van der Waals surface area contributed by atoms with Crippen LogP contribution in [-0.2, 0) is 0 Å². The van der Waals surface area contributed by atoms with E-state index in [1.165, 1.54) is 38.5 Å². The van der Waals surface area contributed by atoms with E-state index in [1.54, 1.807) is 12.3 Å². The summed E-state index contributed by atoms with van der Waals surface area (Å²) in [5.41, 5.74) is 2.59. The maximum atomic E-state index is 12.6. The number of rotatable bonds is 3. The van der Waals surface area contributed by atoms with Crippen LogP contribution in [0.25, 0.3) is 11.1 Å². The second kappa shape index (κ2) is 4.65. The van der Waals surface area contributed by atoms with Crippen molar-refractivity contribution >= 4 is 17.0 Å². The largest absolute Gasteiger partial charge is 0.463 e. The van der Waals surface area contributed by atoms with Crippen molar-refractivity contribution in [3.8, 4) is 0 Å². The number of aromatic nitrogens is 1. The molecule has 0 aliphatic heterocycles. The van der Waals surface area contributed by atoms with Gasteiger partial charge in [0, 0.05) is 18.2 Å².